The molecule has 0 amide bonds. The molecule has 2 saturated heterocycles. The van der Waals surface area contributed by atoms with Crippen LogP contribution < -0.4 is 5.32 Å². The van der Waals surface area contributed by atoms with Crippen molar-refractivity contribution in [2.75, 3.05) is 18.4 Å². The molecule has 1 aromatic carbocycles. The van der Waals surface area contributed by atoms with Crippen molar-refractivity contribution >= 4 is 27.2 Å². The Morgan fingerprint density at radius 3 is 3.26 bits per heavy atom. The molecule has 3 nitrogen and oxygen atoms in total. The van der Waals surface area contributed by atoms with Crippen LogP contribution in [-0.4, -0.2) is 35.1 Å². The molecule has 19 heavy (non-hydrogen) atoms. The molecule has 0 aliphatic carbocycles. The van der Waals surface area contributed by atoms with Gasteiger partial charge in [0.05, 0.1) is 15.7 Å². The van der Waals surface area contributed by atoms with E-state index in [4.69, 9.17) is 0 Å². The molecule has 0 bridgehead atoms. The Morgan fingerprint density at radius 1 is 1.26 bits per heavy atom. The number of thiazole rings is 1. The first kappa shape index (κ1) is 11.7. The molecular weight excluding hydrogens is 254 g/mol. The summed E-state index contributed by atoms with van der Waals surface area (Å²) in [4.78, 5) is 7.01. The van der Waals surface area contributed by atoms with E-state index in [0.29, 0.717) is 6.04 Å². The summed E-state index contributed by atoms with van der Waals surface area (Å²) in [5.74, 6) is 0. The van der Waals surface area contributed by atoms with Gasteiger partial charge in [0.1, 0.15) is 0 Å². The molecule has 2 aromatic rings. The van der Waals surface area contributed by atoms with Crippen molar-refractivity contribution < 1.29 is 0 Å². The second-order valence-electron chi connectivity index (χ2n) is 5.73. The molecule has 2 atom stereocenters. The average Bonchev–Trinajstić information content (AvgIpc) is 3.05. The normalized spacial score (nSPS) is 27.6. The Balaban J connectivity index is 1.48. The van der Waals surface area contributed by atoms with E-state index in [1.54, 1.807) is 11.3 Å². The molecule has 2 aliphatic heterocycles. The minimum absolute atomic E-state index is 0.643. The van der Waals surface area contributed by atoms with Crippen molar-refractivity contribution in [3.05, 3.63) is 23.7 Å². The maximum Gasteiger partial charge on any atom is 0.0813 e. The van der Waals surface area contributed by atoms with E-state index in [0.717, 1.165) is 11.6 Å². The number of rotatable bonds is 2. The van der Waals surface area contributed by atoms with Gasteiger partial charge in [0.2, 0.25) is 0 Å². The summed E-state index contributed by atoms with van der Waals surface area (Å²) in [5, 5.41) is 3.73. The van der Waals surface area contributed by atoms with Gasteiger partial charge in [-0.05, 0) is 50.4 Å². The monoisotopic (exact) mass is 273 g/mol. The minimum Gasteiger partial charge on any atom is -0.382 e. The molecule has 3 heterocycles. The van der Waals surface area contributed by atoms with Gasteiger partial charge in [-0.2, -0.15) is 0 Å². The van der Waals surface area contributed by atoms with Crippen molar-refractivity contribution in [1.29, 1.82) is 0 Å². The van der Waals surface area contributed by atoms with Gasteiger partial charge in [-0.15, -0.1) is 11.3 Å². The molecule has 1 aromatic heterocycles. The van der Waals surface area contributed by atoms with Crippen LogP contribution in [0.25, 0.3) is 10.2 Å². The Bertz CT molecular complexity index is 580. The lowest BCUT2D eigenvalue weighted by atomic mass is 9.97. The average molecular weight is 273 g/mol. The highest BCUT2D eigenvalue weighted by atomic mass is 32.1. The SMILES string of the molecule is c1nc2ccc(NC3CCN4CCCC4C3)cc2s1. The first-order valence-electron chi connectivity index (χ1n) is 7.22. The van der Waals surface area contributed by atoms with Gasteiger partial charge in [-0.3, -0.25) is 0 Å². The summed E-state index contributed by atoms with van der Waals surface area (Å²) in [5.41, 5.74) is 4.29. The number of nitrogens with one attached hydrogen (secondary N) is 1. The number of benzene rings is 1. The van der Waals surface area contributed by atoms with Gasteiger partial charge in [0.25, 0.3) is 0 Å². The van der Waals surface area contributed by atoms with Gasteiger partial charge < -0.3 is 10.2 Å². The zero-order valence-electron chi connectivity index (χ0n) is 11.0. The molecular formula is C15H19N3S. The maximum atomic E-state index is 4.33. The first-order chi connectivity index (χ1) is 9.38. The van der Waals surface area contributed by atoms with Crippen LogP contribution in [-0.2, 0) is 0 Å². The maximum absolute atomic E-state index is 4.33. The zero-order valence-corrected chi connectivity index (χ0v) is 11.8. The fourth-order valence-electron chi connectivity index (χ4n) is 3.54. The number of hydrogen-bond donors (Lipinski definition) is 1. The third kappa shape index (κ3) is 2.23. The number of anilines is 1. The highest BCUT2D eigenvalue weighted by Crippen LogP contribution is 2.29. The Hall–Kier alpha value is -1.13. The number of fused-ring (bicyclic) bond motifs is 2. The highest BCUT2D eigenvalue weighted by Gasteiger charge is 2.31. The lowest BCUT2D eigenvalue weighted by Crippen LogP contribution is -2.42. The quantitative estimate of drug-likeness (QED) is 0.909. The molecule has 2 unspecified atom stereocenters. The predicted molar refractivity (Wildman–Crippen MR) is 80.9 cm³/mol. The van der Waals surface area contributed by atoms with Gasteiger partial charge >= 0.3 is 0 Å². The lowest BCUT2D eigenvalue weighted by molar-refractivity contribution is 0.188. The van der Waals surface area contributed by atoms with Crippen molar-refractivity contribution in [2.45, 2.75) is 37.8 Å². The zero-order chi connectivity index (χ0) is 12.7. The summed E-state index contributed by atoms with van der Waals surface area (Å²) < 4.78 is 1.28. The van der Waals surface area contributed by atoms with Crippen molar-refractivity contribution in [1.82, 2.24) is 9.88 Å². The van der Waals surface area contributed by atoms with Gasteiger partial charge in [-0.25, -0.2) is 4.98 Å². The number of hydrogen-bond acceptors (Lipinski definition) is 4. The smallest absolute Gasteiger partial charge is 0.0813 e. The Morgan fingerprint density at radius 2 is 2.26 bits per heavy atom. The van der Waals surface area contributed by atoms with Gasteiger partial charge in [-0.1, -0.05) is 0 Å². The second-order valence-corrected chi connectivity index (χ2v) is 6.62. The summed E-state index contributed by atoms with van der Waals surface area (Å²) in [6.45, 7) is 2.59. The van der Waals surface area contributed by atoms with Crippen molar-refractivity contribution in [2.24, 2.45) is 0 Å². The second kappa shape index (κ2) is 4.76. The van der Waals surface area contributed by atoms with Crippen LogP contribution in [0.1, 0.15) is 25.7 Å². The molecule has 1 N–H and O–H groups in total. The molecule has 100 valence electrons. The van der Waals surface area contributed by atoms with Gasteiger partial charge in [0.15, 0.2) is 0 Å². The third-order valence-electron chi connectivity index (χ3n) is 4.52. The van der Waals surface area contributed by atoms with E-state index in [9.17, 15) is 0 Å². The summed E-state index contributed by atoms with van der Waals surface area (Å²) >= 11 is 1.72. The standard InChI is InChI=1S/C15H19N3S/c1-2-13-8-12(5-7-18(13)6-1)17-11-3-4-14-15(9-11)19-10-16-14/h3-4,9-10,12-13,17H,1-2,5-8H2. The van der Waals surface area contributed by atoms with Crippen LogP contribution in [0.15, 0.2) is 23.7 Å². The van der Waals surface area contributed by atoms with E-state index in [1.807, 2.05) is 5.51 Å². The molecule has 4 heteroatoms. The topological polar surface area (TPSA) is 28.2 Å². The number of nitrogens with zero attached hydrogens (tertiary/aromatic N) is 2. The molecule has 0 spiro atoms. The highest BCUT2D eigenvalue weighted by molar-refractivity contribution is 7.16. The van der Waals surface area contributed by atoms with E-state index >= 15 is 0 Å². The van der Waals surface area contributed by atoms with Crippen LogP contribution in [0.5, 0.6) is 0 Å². The first-order valence-corrected chi connectivity index (χ1v) is 8.10. The Kier molecular flexibility index (Phi) is 2.93. The van der Waals surface area contributed by atoms with Crippen LogP contribution in [0.2, 0.25) is 0 Å². The predicted octanol–water partition coefficient (Wildman–Crippen LogP) is 3.34. The molecule has 0 saturated carbocycles. The lowest BCUT2D eigenvalue weighted by Gasteiger charge is -2.35. The minimum atomic E-state index is 0.643. The molecule has 2 aliphatic rings. The van der Waals surface area contributed by atoms with E-state index in [1.165, 1.54) is 49.2 Å². The van der Waals surface area contributed by atoms with Crippen LogP contribution in [0.4, 0.5) is 5.69 Å². The summed E-state index contributed by atoms with van der Waals surface area (Å²) in [7, 11) is 0. The summed E-state index contributed by atoms with van der Waals surface area (Å²) in [6, 6.07) is 8.01. The van der Waals surface area contributed by atoms with Crippen LogP contribution in [0, 0.1) is 0 Å². The number of piperidine rings is 1. The fraction of sp³-hybridized carbons (Fsp3) is 0.533. The molecule has 0 radical (unpaired) electrons. The van der Waals surface area contributed by atoms with Crippen LogP contribution in [0.3, 0.4) is 0 Å². The van der Waals surface area contributed by atoms with E-state index in [-0.39, 0.29) is 0 Å². The van der Waals surface area contributed by atoms with E-state index < -0.39 is 0 Å². The largest absolute Gasteiger partial charge is 0.382 e. The molecule has 2 fully saturated rings. The van der Waals surface area contributed by atoms with Crippen LogP contribution >= 0.6 is 11.3 Å². The summed E-state index contributed by atoms with van der Waals surface area (Å²) in [6.07, 6.45) is 5.37. The van der Waals surface area contributed by atoms with E-state index in [2.05, 4.69) is 33.4 Å². The number of aromatic nitrogens is 1. The van der Waals surface area contributed by atoms with Gasteiger partial charge in [0, 0.05) is 24.3 Å². The van der Waals surface area contributed by atoms with Crippen molar-refractivity contribution in [3.8, 4) is 0 Å². The Labute approximate surface area is 117 Å². The molecule has 4 rings (SSSR count). The fourth-order valence-corrected chi connectivity index (χ4v) is 4.25. The van der Waals surface area contributed by atoms with Crippen molar-refractivity contribution in [3.63, 3.8) is 0 Å². The third-order valence-corrected chi connectivity index (χ3v) is 5.31.